The van der Waals surface area contributed by atoms with Gasteiger partial charge in [0.05, 0.1) is 19.9 Å². The van der Waals surface area contributed by atoms with Gasteiger partial charge in [-0.2, -0.15) is 5.10 Å². The maximum Gasteiger partial charge on any atom is 0.329 e. The van der Waals surface area contributed by atoms with Crippen LogP contribution in [0.25, 0.3) is 0 Å². The molecule has 7 nitrogen and oxygen atoms in total. The molecular weight excluding hydrogens is 322 g/mol. The Balaban J connectivity index is 1.91. The van der Waals surface area contributed by atoms with Crippen LogP contribution in [0.4, 0.5) is 5.69 Å². The molecule has 0 aliphatic heterocycles. The normalized spacial score (nSPS) is 10.3. The van der Waals surface area contributed by atoms with Gasteiger partial charge in [-0.3, -0.25) is 9.59 Å². The molecule has 2 N–H and O–H groups in total. The summed E-state index contributed by atoms with van der Waals surface area (Å²) in [6, 6.07) is 13.9. The number of ether oxygens (including phenoxy) is 2. The Morgan fingerprint density at radius 2 is 1.80 bits per heavy atom. The smallest absolute Gasteiger partial charge is 0.329 e. The number of methoxy groups -OCH3 is 1. The highest BCUT2D eigenvalue weighted by Gasteiger charge is 2.12. The van der Waals surface area contributed by atoms with Crippen LogP contribution in [0.15, 0.2) is 53.6 Å². The van der Waals surface area contributed by atoms with Crippen molar-refractivity contribution in [2.45, 2.75) is 6.92 Å². The third kappa shape index (κ3) is 5.35. The number of anilines is 1. The molecule has 2 aromatic carbocycles. The Morgan fingerprint density at radius 3 is 2.48 bits per heavy atom. The fourth-order valence-electron chi connectivity index (χ4n) is 1.95. The molecule has 0 atom stereocenters. The predicted molar refractivity (Wildman–Crippen MR) is 95.0 cm³/mol. The van der Waals surface area contributed by atoms with E-state index in [0.717, 1.165) is 0 Å². The van der Waals surface area contributed by atoms with E-state index in [1.54, 1.807) is 43.5 Å². The second-order valence-corrected chi connectivity index (χ2v) is 4.85. The third-order valence-electron chi connectivity index (χ3n) is 3.14. The van der Waals surface area contributed by atoms with Crippen molar-refractivity contribution in [3.8, 4) is 11.5 Å². The van der Waals surface area contributed by atoms with Crippen LogP contribution in [-0.4, -0.2) is 31.7 Å². The summed E-state index contributed by atoms with van der Waals surface area (Å²) in [5.41, 5.74) is 3.35. The van der Waals surface area contributed by atoms with Gasteiger partial charge in [-0.05, 0) is 43.3 Å². The number of hydrazone groups is 1. The van der Waals surface area contributed by atoms with E-state index in [1.165, 1.54) is 6.21 Å². The highest BCUT2D eigenvalue weighted by molar-refractivity contribution is 6.39. The van der Waals surface area contributed by atoms with Crippen molar-refractivity contribution < 1.29 is 19.1 Å². The molecule has 0 fully saturated rings. The van der Waals surface area contributed by atoms with E-state index in [-0.39, 0.29) is 0 Å². The van der Waals surface area contributed by atoms with Crippen molar-refractivity contribution in [3.05, 3.63) is 54.1 Å². The van der Waals surface area contributed by atoms with Crippen molar-refractivity contribution in [2.24, 2.45) is 5.10 Å². The van der Waals surface area contributed by atoms with Crippen molar-refractivity contribution in [1.29, 1.82) is 0 Å². The Labute approximate surface area is 145 Å². The molecule has 0 aliphatic carbocycles. The van der Waals surface area contributed by atoms with Crippen LogP contribution in [0.1, 0.15) is 12.5 Å². The molecule has 2 amide bonds. The van der Waals surface area contributed by atoms with Gasteiger partial charge in [0, 0.05) is 11.3 Å². The van der Waals surface area contributed by atoms with Crippen LogP contribution in [-0.2, 0) is 9.59 Å². The first-order valence-corrected chi connectivity index (χ1v) is 7.64. The molecule has 2 aromatic rings. The molecule has 0 aliphatic rings. The summed E-state index contributed by atoms with van der Waals surface area (Å²) >= 11 is 0. The predicted octanol–water partition coefficient (Wildman–Crippen LogP) is 2.18. The van der Waals surface area contributed by atoms with Crippen LogP contribution in [0, 0.1) is 0 Å². The molecular formula is C18H19N3O4. The number of amides is 2. The van der Waals surface area contributed by atoms with E-state index >= 15 is 0 Å². The van der Waals surface area contributed by atoms with E-state index < -0.39 is 11.8 Å². The zero-order chi connectivity index (χ0) is 18.1. The van der Waals surface area contributed by atoms with Gasteiger partial charge in [-0.15, -0.1) is 0 Å². The third-order valence-corrected chi connectivity index (χ3v) is 3.14. The summed E-state index contributed by atoms with van der Waals surface area (Å²) in [5, 5.41) is 6.26. The second-order valence-electron chi connectivity index (χ2n) is 4.85. The molecule has 0 heterocycles. The maximum absolute atomic E-state index is 11.8. The Bertz CT molecular complexity index is 757. The Hall–Kier alpha value is -3.35. The molecule has 130 valence electrons. The fourth-order valence-corrected chi connectivity index (χ4v) is 1.95. The van der Waals surface area contributed by atoms with E-state index in [4.69, 9.17) is 9.47 Å². The van der Waals surface area contributed by atoms with Gasteiger partial charge in [0.1, 0.15) is 11.5 Å². The standard InChI is InChI=1S/C18H19N3O4/c1-3-25-16-7-5-4-6-13(16)12-19-21-18(23)17(22)20-14-8-10-15(24-2)11-9-14/h4-12H,3H2,1-2H3,(H,20,22)(H,21,23). The summed E-state index contributed by atoms with van der Waals surface area (Å²) < 4.78 is 10.5. The molecule has 0 spiro atoms. The zero-order valence-corrected chi connectivity index (χ0v) is 14.0. The summed E-state index contributed by atoms with van der Waals surface area (Å²) in [6.45, 7) is 2.39. The first-order chi connectivity index (χ1) is 12.1. The molecule has 0 radical (unpaired) electrons. The van der Waals surface area contributed by atoms with Crippen molar-refractivity contribution in [2.75, 3.05) is 19.0 Å². The SMILES string of the molecule is CCOc1ccccc1C=NNC(=O)C(=O)Nc1ccc(OC)cc1. The van der Waals surface area contributed by atoms with Gasteiger partial charge in [0.15, 0.2) is 0 Å². The van der Waals surface area contributed by atoms with Crippen LogP contribution >= 0.6 is 0 Å². The summed E-state index contributed by atoms with van der Waals surface area (Å²) in [5.74, 6) is -0.396. The molecule has 0 aromatic heterocycles. The van der Waals surface area contributed by atoms with Crippen LogP contribution < -0.4 is 20.2 Å². The van der Waals surface area contributed by atoms with Gasteiger partial charge >= 0.3 is 11.8 Å². The number of nitrogens with one attached hydrogen (secondary N) is 2. The minimum Gasteiger partial charge on any atom is -0.497 e. The molecule has 7 heteroatoms. The number of hydrogen-bond acceptors (Lipinski definition) is 5. The minimum absolute atomic E-state index is 0.478. The number of benzene rings is 2. The Kier molecular flexibility index (Phi) is 6.53. The van der Waals surface area contributed by atoms with Crippen molar-refractivity contribution in [1.82, 2.24) is 5.43 Å². The number of para-hydroxylation sites is 1. The summed E-state index contributed by atoms with van der Waals surface area (Å²) in [4.78, 5) is 23.6. The molecule has 0 saturated heterocycles. The zero-order valence-electron chi connectivity index (χ0n) is 14.0. The topological polar surface area (TPSA) is 89.0 Å². The summed E-state index contributed by atoms with van der Waals surface area (Å²) in [7, 11) is 1.54. The van der Waals surface area contributed by atoms with Gasteiger partial charge in [0.2, 0.25) is 0 Å². The first kappa shape index (κ1) is 18.0. The average Bonchev–Trinajstić information content (AvgIpc) is 2.64. The quantitative estimate of drug-likeness (QED) is 0.479. The van der Waals surface area contributed by atoms with Gasteiger partial charge in [-0.25, -0.2) is 5.43 Å². The number of rotatable bonds is 6. The highest BCUT2D eigenvalue weighted by atomic mass is 16.5. The lowest BCUT2D eigenvalue weighted by Gasteiger charge is -2.06. The highest BCUT2D eigenvalue weighted by Crippen LogP contribution is 2.16. The molecule has 0 unspecified atom stereocenters. The van der Waals surface area contributed by atoms with E-state index in [1.807, 2.05) is 19.1 Å². The maximum atomic E-state index is 11.8. The van der Waals surface area contributed by atoms with E-state index in [0.29, 0.717) is 29.4 Å². The van der Waals surface area contributed by atoms with Crippen molar-refractivity contribution in [3.63, 3.8) is 0 Å². The summed E-state index contributed by atoms with van der Waals surface area (Å²) in [6.07, 6.45) is 1.42. The molecule has 0 bridgehead atoms. The molecule has 2 rings (SSSR count). The molecule has 25 heavy (non-hydrogen) atoms. The Morgan fingerprint density at radius 1 is 1.08 bits per heavy atom. The van der Waals surface area contributed by atoms with Gasteiger partial charge < -0.3 is 14.8 Å². The number of nitrogens with zero attached hydrogens (tertiary/aromatic N) is 1. The van der Waals surface area contributed by atoms with Gasteiger partial charge in [-0.1, -0.05) is 12.1 Å². The van der Waals surface area contributed by atoms with E-state index in [9.17, 15) is 9.59 Å². The van der Waals surface area contributed by atoms with E-state index in [2.05, 4.69) is 15.8 Å². The second kappa shape index (κ2) is 9.07. The monoisotopic (exact) mass is 341 g/mol. The fraction of sp³-hybridized carbons (Fsp3) is 0.167. The van der Waals surface area contributed by atoms with Crippen LogP contribution in [0.5, 0.6) is 11.5 Å². The van der Waals surface area contributed by atoms with Crippen LogP contribution in [0.2, 0.25) is 0 Å². The minimum atomic E-state index is -0.874. The van der Waals surface area contributed by atoms with Gasteiger partial charge in [0.25, 0.3) is 0 Å². The number of carbonyl (C=O) groups excluding carboxylic acids is 2. The number of carbonyl (C=O) groups is 2. The first-order valence-electron chi connectivity index (χ1n) is 7.64. The van der Waals surface area contributed by atoms with Crippen molar-refractivity contribution >= 4 is 23.7 Å². The lowest BCUT2D eigenvalue weighted by molar-refractivity contribution is -0.136. The lowest BCUT2D eigenvalue weighted by atomic mass is 10.2. The molecule has 0 saturated carbocycles. The average molecular weight is 341 g/mol. The number of hydrogen-bond donors (Lipinski definition) is 2. The largest absolute Gasteiger partial charge is 0.497 e. The lowest BCUT2D eigenvalue weighted by Crippen LogP contribution is -2.32. The van der Waals surface area contributed by atoms with Crippen LogP contribution in [0.3, 0.4) is 0 Å².